The van der Waals surface area contributed by atoms with Gasteiger partial charge >= 0.3 is 6.18 Å². The molecule has 134 valence electrons. The molecular weight excluding hydrogens is 325 g/mol. The summed E-state index contributed by atoms with van der Waals surface area (Å²) >= 11 is 0. The Bertz CT molecular complexity index is 552. The zero-order chi connectivity index (χ0) is 17.2. The van der Waals surface area contributed by atoms with Crippen LogP contribution in [0.15, 0.2) is 12.3 Å². The number of anilines is 1. The molecule has 2 saturated heterocycles. The van der Waals surface area contributed by atoms with E-state index in [1.54, 1.807) is 0 Å². The summed E-state index contributed by atoms with van der Waals surface area (Å²) in [5, 5.41) is 10.3. The summed E-state index contributed by atoms with van der Waals surface area (Å²) in [6.45, 7) is 3.76. The van der Waals surface area contributed by atoms with E-state index in [1.165, 1.54) is 12.3 Å². The maximum absolute atomic E-state index is 12.3. The van der Waals surface area contributed by atoms with Crippen molar-refractivity contribution in [1.29, 1.82) is 0 Å². The standard InChI is InChI=1S/C15H21F3N4O2/c16-15(17,18)3-1-11-2-4-19-14(20-11)22-9-12(13(23)10-22)21-5-7-24-8-6-21/h2,4,12-13,23H,1,3,5-10H2/t12-,13-/m0/s1. The van der Waals surface area contributed by atoms with Gasteiger partial charge in [0.2, 0.25) is 5.95 Å². The second kappa shape index (κ2) is 7.20. The largest absolute Gasteiger partial charge is 0.390 e. The molecule has 0 bridgehead atoms. The van der Waals surface area contributed by atoms with Gasteiger partial charge in [0, 0.05) is 44.5 Å². The van der Waals surface area contributed by atoms with Gasteiger partial charge in [-0.2, -0.15) is 13.2 Å². The van der Waals surface area contributed by atoms with Gasteiger partial charge in [-0.1, -0.05) is 0 Å². The molecule has 2 aliphatic heterocycles. The van der Waals surface area contributed by atoms with Crippen LogP contribution in [0.2, 0.25) is 0 Å². The molecule has 6 nitrogen and oxygen atoms in total. The Balaban J connectivity index is 1.64. The second-order valence-electron chi connectivity index (χ2n) is 6.15. The van der Waals surface area contributed by atoms with E-state index in [0.29, 0.717) is 37.9 Å². The molecule has 9 heteroatoms. The van der Waals surface area contributed by atoms with Crippen molar-refractivity contribution in [3.8, 4) is 0 Å². The Labute approximate surface area is 138 Å². The average molecular weight is 346 g/mol. The monoisotopic (exact) mass is 346 g/mol. The summed E-state index contributed by atoms with van der Waals surface area (Å²) < 4.78 is 42.4. The number of β-amino-alcohol motifs (C(OH)–C–C–N with tert-alkyl or cyclic N) is 1. The number of ether oxygens (including phenoxy) is 1. The fourth-order valence-corrected chi connectivity index (χ4v) is 3.15. The lowest BCUT2D eigenvalue weighted by molar-refractivity contribution is -0.134. The topological polar surface area (TPSA) is 61.7 Å². The van der Waals surface area contributed by atoms with Crippen LogP contribution in [0.25, 0.3) is 0 Å². The molecule has 2 aliphatic rings. The number of aryl methyl sites for hydroxylation is 1. The van der Waals surface area contributed by atoms with E-state index in [1.807, 2.05) is 4.90 Å². The van der Waals surface area contributed by atoms with Crippen molar-refractivity contribution in [2.45, 2.75) is 31.2 Å². The van der Waals surface area contributed by atoms with E-state index < -0.39 is 18.7 Å². The summed E-state index contributed by atoms with van der Waals surface area (Å²) in [4.78, 5) is 12.4. The van der Waals surface area contributed by atoms with Crippen molar-refractivity contribution in [1.82, 2.24) is 14.9 Å². The molecule has 0 saturated carbocycles. The predicted octanol–water partition coefficient (Wildman–Crippen LogP) is 0.853. The normalized spacial score (nSPS) is 26.1. The van der Waals surface area contributed by atoms with E-state index in [4.69, 9.17) is 4.74 Å². The molecule has 0 aromatic carbocycles. The number of nitrogens with zero attached hydrogens (tertiary/aromatic N) is 4. The zero-order valence-electron chi connectivity index (χ0n) is 13.2. The molecule has 1 aromatic rings. The summed E-state index contributed by atoms with van der Waals surface area (Å²) in [5.41, 5.74) is 0.363. The van der Waals surface area contributed by atoms with Crippen molar-refractivity contribution in [3.05, 3.63) is 18.0 Å². The van der Waals surface area contributed by atoms with Crippen LogP contribution in [0, 0.1) is 0 Å². The molecule has 3 heterocycles. The SMILES string of the molecule is O[C@H]1CN(c2nccc(CCC(F)(F)F)n2)C[C@@H]1N1CCOCC1. The van der Waals surface area contributed by atoms with Crippen LogP contribution < -0.4 is 4.90 Å². The third-order valence-electron chi connectivity index (χ3n) is 4.42. The number of rotatable bonds is 4. The van der Waals surface area contributed by atoms with Gasteiger partial charge in [0.05, 0.1) is 25.4 Å². The minimum Gasteiger partial charge on any atom is -0.390 e. The van der Waals surface area contributed by atoms with E-state index in [0.717, 1.165) is 13.1 Å². The molecule has 0 amide bonds. The lowest BCUT2D eigenvalue weighted by Crippen LogP contribution is -2.48. The summed E-state index contributed by atoms with van der Waals surface area (Å²) in [6, 6.07) is 1.47. The van der Waals surface area contributed by atoms with Crippen LogP contribution >= 0.6 is 0 Å². The van der Waals surface area contributed by atoms with E-state index in [2.05, 4.69) is 14.9 Å². The van der Waals surface area contributed by atoms with Crippen LogP contribution in [-0.4, -0.2) is 77.7 Å². The molecule has 2 fully saturated rings. The molecular formula is C15H21F3N4O2. The molecule has 0 spiro atoms. The summed E-state index contributed by atoms with van der Waals surface area (Å²) in [6.07, 6.45) is -4.32. The maximum Gasteiger partial charge on any atom is 0.389 e. The third-order valence-corrected chi connectivity index (χ3v) is 4.42. The molecule has 0 radical (unpaired) electrons. The van der Waals surface area contributed by atoms with E-state index >= 15 is 0 Å². The first kappa shape index (κ1) is 17.4. The van der Waals surface area contributed by atoms with Crippen LogP contribution in [0.5, 0.6) is 0 Å². The smallest absolute Gasteiger partial charge is 0.389 e. The first-order valence-corrected chi connectivity index (χ1v) is 8.06. The van der Waals surface area contributed by atoms with Gasteiger partial charge < -0.3 is 14.7 Å². The highest BCUT2D eigenvalue weighted by Gasteiger charge is 2.37. The van der Waals surface area contributed by atoms with Crippen LogP contribution in [0.4, 0.5) is 19.1 Å². The number of hydrogen-bond donors (Lipinski definition) is 1. The fourth-order valence-electron chi connectivity index (χ4n) is 3.15. The number of aliphatic hydroxyl groups excluding tert-OH is 1. The van der Waals surface area contributed by atoms with Crippen LogP contribution in [0.3, 0.4) is 0 Å². The van der Waals surface area contributed by atoms with Crippen molar-refractivity contribution in [2.75, 3.05) is 44.3 Å². The molecule has 1 aromatic heterocycles. The molecule has 3 rings (SSSR count). The number of aliphatic hydroxyl groups is 1. The Hall–Kier alpha value is -1.45. The summed E-state index contributed by atoms with van der Waals surface area (Å²) in [5.74, 6) is 0.379. The van der Waals surface area contributed by atoms with Crippen LogP contribution in [-0.2, 0) is 11.2 Å². The number of hydrogen-bond acceptors (Lipinski definition) is 6. The van der Waals surface area contributed by atoms with E-state index in [-0.39, 0.29) is 12.5 Å². The van der Waals surface area contributed by atoms with Gasteiger partial charge in [-0.3, -0.25) is 4.90 Å². The number of aromatic nitrogens is 2. The zero-order valence-corrected chi connectivity index (χ0v) is 13.2. The second-order valence-corrected chi connectivity index (χ2v) is 6.15. The fraction of sp³-hybridized carbons (Fsp3) is 0.733. The quantitative estimate of drug-likeness (QED) is 0.872. The van der Waals surface area contributed by atoms with Crippen LogP contribution in [0.1, 0.15) is 12.1 Å². The Morgan fingerprint density at radius 2 is 2.00 bits per heavy atom. The first-order chi connectivity index (χ1) is 11.4. The predicted molar refractivity (Wildman–Crippen MR) is 80.8 cm³/mol. The van der Waals surface area contributed by atoms with Gasteiger partial charge in [-0.15, -0.1) is 0 Å². The number of morpholine rings is 1. The van der Waals surface area contributed by atoms with Crippen molar-refractivity contribution >= 4 is 5.95 Å². The Morgan fingerprint density at radius 1 is 1.25 bits per heavy atom. The van der Waals surface area contributed by atoms with Gasteiger partial charge in [-0.05, 0) is 12.5 Å². The molecule has 1 N–H and O–H groups in total. The highest BCUT2D eigenvalue weighted by molar-refractivity contribution is 5.34. The van der Waals surface area contributed by atoms with Crippen molar-refractivity contribution in [3.63, 3.8) is 0 Å². The molecule has 0 aliphatic carbocycles. The Kier molecular flexibility index (Phi) is 5.21. The maximum atomic E-state index is 12.3. The lowest BCUT2D eigenvalue weighted by atomic mass is 10.2. The Morgan fingerprint density at radius 3 is 2.71 bits per heavy atom. The average Bonchev–Trinajstić information content (AvgIpc) is 2.95. The van der Waals surface area contributed by atoms with Crippen molar-refractivity contribution in [2.24, 2.45) is 0 Å². The van der Waals surface area contributed by atoms with E-state index in [9.17, 15) is 18.3 Å². The molecule has 2 atom stereocenters. The van der Waals surface area contributed by atoms with Gasteiger partial charge in [0.15, 0.2) is 0 Å². The number of alkyl halides is 3. The number of halogens is 3. The van der Waals surface area contributed by atoms with Gasteiger partial charge in [0.25, 0.3) is 0 Å². The highest BCUT2D eigenvalue weighted by Crippen LogP contribution is 2.24. The first-order valence-electron chi connectivity index (χ1n) is 8.06. The minimum absolute atomic E-state index is 0.0312. The van der Waals surface area contributed by atoms with Gasteiger partial charge in [-0.25, -0.2) is 9.97 Å². The highest BCUT2D eigenvalue weighted by atomic mass is 19.4. The van der Waals surface area contributed by atoms with Crippen molar-refractivity contribution < 1.29 is 23.0 Å². The van der Waals surface area contributed by atoms with Gasteiger partial charge in [0.1, 0.15) is 0 Å². The third kappa shape index (κ3) is 4.34. The molecule has 0 unspecified atom stereocenters. The minimum atomic E-state index is -4.20. The lowest BCUT2D eigenvalue weighted by Gasteiger charge is -2.33. The molecule has 24 heavy (non-hydrogen) atoms. The summed E-state index contributed by atoms with van der Waals surface area (Å²) in [7, 11) is 0.